The standard InChI is InChI=1S/C22H21F3N6O2/c23-22(24,25)20(32)14-7-8-26-19(11-14)30-15-5-6-16(30)13-29(12-15)21(33)17-3-1-2-4-18(17)31-27-9-10-28-31/h1-4,7-11,15-16,20,32H,5-6,12-13H2. The number of aliphatic hydroxyl groups is 1. The van der Waals surface area contributed by atoms with Gasteiger partial charge in [0.25, 0.3) is 5.91 Å². The monoisotopic (exact) mass is 458 g/mol. The topological polar surface area (TPSA) is 87.4 Å². The maximum Gasteiger partial charge on any atom is 0.418 e. The van der Waals surface area contributed by atoms with E-state index in [0.29, 0.717) is 30.2 Å². The summed E-state index contributed by atoms with van der Waals surface area (Å²) >= 11 is 0. The van der Waals surface area contributed by atoms with Crippen molar-refractivity contribution in [3.8, 4) is 5.69 Å². The zero-order valence-electron chi connectivity index (χ0n) is 17.4. The lowest BCUT2D eigenvalue weighted by atomic mass is 10.1. The van der Waals surface area contributed by atoms with Crippen molar-refractivity contribution in [3.05, 3.63) is 66.1 Å². The van der Waals surface area contributed by atoms with E-state index in [1.165, 1.54) is 35.5 Å². The summed E-state index contributed by atoms with van der Waals surface area (Å²) in [6.45, 7) is 0.841. The third-order valence-electron chi connectivity index (χ3n) is 6.20. The molecule has 33 heavy (non-hydrogen) atoms. The number of amides is 1. The number of halogens is 3. The second kappa shape index (κ2) is 8.14. The Morgan fingerprint density at radius 3 is 2.36 bits per heavy atom. The number of aromatic nitrogens is 4. The number of carbonyl (C=O) groups excluding carboxylic acids is 1. The Morgan fingerprint density at radius 1 is 1.03 bits per heavy atom. The summed E-state index contributed by atoms with van der Waals surface area (Å²) in [6.07, 6.45) is -1.36. The van der Waals surface area contributed by atoms with E-state index in [9.17, 15) is 23.1 Å². The van der Waals surface area contributed by atoms with E-state index in [0.717, 1.165) is 12.8 Å². The number of pyridine rings is 1. The van der Waals surface area contributed by atoms with Gasteiger partial charge >= 0.3 is 6.18 Å². The first kappa shape index (κ1) is 21.4. The fourth-order valence-electron chi connectivity index (χ4n) is 4.72. The van der Waals surface area contributed by atoms with Crippen molar-refractivity contribution in [2.45, 2.75) is 37.2 Å². The molecule has 0 aliphatic carbocycles. The van der Waals surface area contributed by atoms with E-state index in [4.69, 9.17) is 0 Å². The molecule has 0 radical (unpaired) electrons. The lowest BCUT2D eigenvalue weighted by molar-refractivity contribution is -0.206. The number of benzene rings is 1. The van der Waals surface area contributed by atoms with Crippen LogP contribution in [0.2, 0.25) is 0 Å². The Labute approximate surface area is 187 Å². The fraction of sp³-hybridized carbons (Fsp3) is 0.364. The normalized spacial score (nSPS) is 21.3. The average Bonchev–Trinajstić information content (AvgIpc) is 3.44. The Balaban J connectivity index is 1.38. The number of rotatable bonds is 4. The second-order valence-corrected chi connectivity index (χ2v) is 8.23. The molecule has 2 bridgehead atoms. The van der Waals surface area contributed by atoms with Crippen LogP contribution in [-0.2, 0) is 0 Å². The highest BCUT2D eigenvalue weighted by atomic mass is 19.4. The molecule has 3 atom stereocenters. The first-order chi connectivity index (χ1) is 15.8. The fourth-order valence-corrected chi connectivity index (χ4v) is 4.72. The van der Waals surface area contributed by atoms with Crippen LogP contribution in [0.25, 0.3) is 5.69 Å². The minimum absolute atomic E-state index is 0.0755. The molecule has 1 amide bonds. The molecule has 1 aromatic carbocycles. The van der Waals surface area contributed by atoms with Crippen LogP contribution >= 0.6 is 0 Å². The predicted molar refractivity (Wildman–Crippen MR) is 112 cm³/mol. The summed E-state index contributed by atoms with van der Waals surface area (Å²) in [5.41, 5.74) is 0.818. The van der Waals surface area contributed by atoms with Gasteiger partial charge in [0.2, 0.25) is 0 Å². The van der Waals surface area contributed by atoms with Crippen molar-refractivity contribution < 1.29 is 23.1 Å². The molecule has 1 N–H and O–H groups in total. The van der Waals surface area contributed by atoms with Crippen LogP contribution in [0.4, 0.5) is 19.0 Å². The van der Waals surface area contributed by atoms with Crippen molar-refractivity contribution in [1.82, 2.24) is 24.9 Å². The van der Waals surface area contributed by atoms with Crippen molar-refractivity contribution in [1.29, 1.82) is 0 Å². The maximum atomic E-state index is 13.4. The first-order valence-electron chi connectivity index (χ1n) is 10.6. The van der Waals surface area contributed by atoms with Crippen LogP contribution in [-0.4, -0.2) is 67.2 Å². The molecule has 2 aliphatic heterocycles. The zero-order valence-corrected chi connectivity index (χ0v) is 17.4. The van der Waals surface area contributed by atoms with Gasteiger partial charge in [0.15, 0.2) is 6.10 Å². The summed E-state index contributed by atoms with van der Waals surface area (Å²) in [7, 11) is 0. The van der Waals surface area contributed by atoms with E-state index in [2.05, 4.69) is 15.2 Å². The van der Waals surface area contributed by atoms with Crippen molar-refractivity contribution in [2.75, 3.05) is 18.0 Å². The van der Waals surface area contributed by atoms with Gasteiger partial charge in [-0.15, -0.1) is 0 Å². The first-order valence-corrected chi connectivity index (χ1v) is 10.6. The largest absolute Gasteiger partial charge is 0.418 e. The lowest BCUT2D eigenvalue weighted by Crippen LogP contribution is -2.55. The highest BCUT2D eigenvalue weighted by Gasteiger charge is 2.44. The molecule has 0 saturated carbocycles. The van der Waals surface area contributed by atoms with E-state index in [1.54, 1.807) is 23.1 Å². The number of hydrogen-bond acceptors (Lipinski definition) is 6. The van der Waals surface area contributed by atoms with Gasteiger partial charge in [0, 0.05) is 31.4 Å². The molecule has 3 aromatic rings. The Morgan fingerprint density at radius 2 is 1.70 bits per heavy atom. The van der Waals surface area contributed by atoms with Crippen molar-refractivity contribution in [2.24, 2.45) is 0 Å². The van der Waals surface area contributed by atoms with Crippen LogP contribution in [0.15, 0.2) is 55.0 Å². The van der Waals surface area contributed by atoms with Crippen molar-refractivity contribution >= 4 is 11.7 Å². The molecule has 8 nitrogen and oxygen atoms in total. The quantitative estimate of drug-likeness (QED) is 0.647. The molecular weight excluding hydrogens is 437 g/mol. The van der Waals surface area contributed by atoms with E-state index in [1.807, 2.05) is 11.0 Å². The van der Waals surface area contributed by atoms with E-state index >= 15 is 0 Å². The summed E-state index contributed by atoms with van der Waals surface area (Å²) in [4.78, 5) is 22.8. The summed E-state index contributed by atoms with van der Waals surface area (Å²) in [6, 6.07) is 9.42. The molecule has 5 rings (SSSR count). The van der Waals surface area contributed by atoms with Gasteiger partial charge in [-0.05, 0) is 42.7 Å². The maximum absolute atomic E-state index is 13.4. The molecular formula is C22H21F3N6O2. The summed E-state index contributed by atoms with van der Waals surface area (Å²) in [5.74, 6) is 0.241. The van der Waals surface area contributed by atoms with Crippen LogP contribution < -0.4 is 4.90 Å². The Hall–Kier alpha value is -3.47. The number of carbonyl (C=O) groups is 1. The number of nitrogens with zero attached hydrogens (tertiary/aromatic N) is 6. The van der Waals surface area contributed by atoms with Crippen LogP contribution in [0.1, 0.15) is 34.9 Å². The van der Waals surface area contributed by atoms with Crippen LogP contribution in [0, 0.1) is 0 Å². The number of fused-ring (bicyclic) bond motifs is 2. The lowest BCUT2D eigenvalue weighted by Gasteiger charge is -2.42. The number of para-hydroxylation sites is 1. The Kier molecular flexibility index (Phi) is 5.28. The number of likely N-dealkylation sites (tertiary alicyclic amines) is 1. The number of aliphatic hydroxyl groups excluding tert-OH is 1. The molecule has 3 unspecified atom stereocenters. The van der Waals surface area contributed by atoms with Gasteiger partial charge < -0.3 is 14.9 Å². The smallest absolute Gasteiger partial charge is 0.379 e. The SMILES string of the molecule is O=C(c1ccccc1-n1nccn1)N1CC2CCC(C1)N2c1cc(C(O)C(F)(F)F)ccn1. The number of piperazine rings is 1. The van der Waals surface area contributed by atoms with E-state index < -0.39 is 12.3 Å². The number of alkyl halides is 3. The van der Waals surface area contributed by atoms with Gasteiger partial charge in [0.1, 0.15) is 5.82 Å². The van der Waals surface area contributed by atoms with Gasteiger partial charge in [0.05, 0.1) is 23.6 Å². The van der Waals surface area contributed by atoms with Gasteiger partial charge in [-0.1, -0.05) is 12.1 Å². The van der Waals surface area contributed by atoms with Crippen LogP contribution in [0.5, 0.6) is 0 Å². The number of hydrogen-bond donors (Lipinski definition) is 1. The summed E-state index contributed by atoms with van der Waals surface area (Å²) < 4.78 is 38.9. The highest BCUT2D eigenvalue weighted by Crippen LogP contribution is 2.37. The zero-order chi connectivity index (χ0) is 23.2. The average molecular weight is 458 g/mol. The molecule has 2 aromatic heterocycles. The molecule has 11 heteroatoms. The molecule has 0 spiro atoms. The Bertz CT molecular complexity index is 1140. The van der Waals surface area contributed by atoms with Crippen LogP contribution in [0.3, 0.4) is 0 Å². The second-order valence-electron chi connectivity index (χ2n) is 8.23. The van der Waals surface area contributed by atoms with E-state index in [-0.39, 0.29) is 23.6 Å². The highest BCUT2D eigenvalue weighted by molar-refractivity contribution is 5.98. The van der Waals surface area contributed by atoms with Gasteiger partial charge in [-0.3, -0.25) is 4.79 Å². The molecule has 2 saturated heterocycles. The molecule has 172 valence electrons. The number of anilines is 1. The summed E-state index contributed by atoms with van der Waals surface area (Å²) in [5, 5.41) is 17.9. The molecule has 2 aliphatic rings. The predicted octanol–water partition coefficient (Wildman–Crippen LogP) is 2.75. The van der Waals surface area contributed by atoms with Gasteiger partial charge in [-0.2, -0.15) is 28.2 Å². The van der Waals surface area contributed by atoms with Crippen molar-refractivity contribution in [3.63, 3.8) is 0 Å². The molecule has 4 heterocycles. The third-order valence-corrected chi connectivity index (χ3v) is 6.20. The van der Waals surface area contributed by atoms with Gasteiger partial charge in [-0.25, -0.2) is 4.98 Å². The molecule has 2 fully saturated rings. The minimum Gasteiger partial charge on any atom is -0.379 e. The minimum atomic E-state index is -4.75. The third kappa shape index (κ3) is 3.92.